The molecule has 0 atom stereocenters. The molecule has 0 aromatic carbocycles. The lowest BCUT2D eigenvalue weighted by Crippen LogP contribution is -2.19. The fraction of sp³-hybridized carbons (Fsp3) is 0.333. The van der Waals surface area contributed by atoms with Crippen LogP contribution in [-0.2, 0) is 16.5 Å². The molecule has 0 aliphatic carbocycles. The summed E-state index contributed by atoms with van der Waals surface area (Å²) in [6, 6.07) is 0.982. The molecule has 1 aromatic rings. The van der Waals surface area contributed by atoms with Gasteiger partial charge in [0.2, 0.25) is 5.88 Å². The van der Waals surface area contributed by atoms with Gasteiger partial charge in [0.15, 0.2) is 0 Å². The Morgan fingerprint density at radius 1 is 1.56 bits per heavy atom. The number of ether oxygens (including phenoxy) is 1. The quantitative estimate of drug-likeness (QED) is 0.578. The van der Waals surface area contributed by atoms with Gasteiger partial charge in [0.1, 0.15) is 0 Å². The number of carboxylic acids is 1. The molecule has 0 aliphatic rings. The van der Waals surface area contributed by atoms with Crippen molar-refractivity contribution >= 4 is 44.5 Å². The molecule has 1 N–H and O–H groups in total. The molecule has 9 heteroatoms. The Labute approximate surface area is 122 Å². The van der Waals surface area contributed by atoms with Crippen LogP contribution in [0.15, 0.2) is 6.07 Å². The van der Waals surface area contributed by atoms with Crippen molar-refractivity contribution in [3.05, 3.63) is 20.9 Å². The molecule has 0 unspecified atom stereocenters. The van der Waals surface area contributed by atoms with Crippen LogP contribution in [0.1, 0.15) is 11.3 Å². The normalized spacial score (nSPS) is 11.4. The lowest BCUT2D eigenvalue weighted by Gasteiger charge is -2.12. The van der Waals surface area contributed by atoms with E-state index < -0.39 is 24.6 Å². The first-order chi connectivity index (χ1) is 8.23. The highest BCUT2D eigenvalue weighted by atomic mass is 127. The van der Waals surface area contributed by atoms with Crippen LogP contribution in [-0.4, -0.2) is 22.4 Å². The van der Waals surface area contributed by atoms with Crippen LogP contribution in [0.5, 0.6) is 5.88 Å². The zero-order chi connectivity index (χ0) is 13.9. The minimum Gasteiger partial charge on any atom is -0.481 e. The monoisotopic (exact) mass is 439 g/mol. The van der Waals surface area contributed by atoms with Crippen molar-refractivity contribution in [3.8, 4) is 5.88 Å². The van der Waals surface area contributed by atoms with Gasteiger partial charge in [-0.3, -0.25) is 4.79 Å². The van der Waals surface area contributed by atoms with E-state index in [9.17, 15) is 18.0 Å². The number of carbonyl (C=O) groups is 1. The van der Waals surface area contributed by atoms with Gasteiger partial charge in [-0.25, -0.2) is 4.98 Å². The fourth-order valence-corrected chi connectivity index (χ4v) is 2.75. The molecular formula is C9H6BrF3INO3. The number of aromatic nitrogens is 1. The lowest BCUT2D eigenvalue weighted by atomic mass is 10.2. The van der Waals surface area contributed by atoms with E-state index in [0.717, 1.165) is 6.07 Å². The summed E-state index contributed by atoms with van der Waals surface area (Å²) in [5.74, 6) is -1.80. The minimum absolute atomic E-state index is 0.201. The van der Waals surface area contributed by atoms with Crippen molar-refractivity contribution in [3.63, 3.8) is 0 Å². The van der Waals surface area contributed by atoms with Crippen LogP contribution in [0.3, 0.4) is 0 Å². The number of carboxylic acid groups (broad SMARTS) is 1. The predicted molar refractivity (Wildman–Crippen MR) is 67.6 cm³/mol. The Kier molecular flexibility index (Phi) is 5.20. The van der Waals surface area contributed by atoms with Gasteiger partial charge in [0.25, 0.3) is 0 Å². The van der Waals surface area contributed by atoms with Crippen molar-refractivity contribution in [2.45, 2.75) is 18.1 Å². The second-order valence-corrected chi connectivity index (χ2v) is 4.77. The number of hydrogen-bond donors (Lipinski definition) is 1. The van der Waals surface area contributed by atoms with Crippen molar-refractivity contribution in [2.24, 2.45) is 0 Å². The smallest absolute Gasteiger partial charge is 0.481 e. The zero-order valence-corrected chi connectivity index (χ0v) is 12.3. The molecule has 0 aliphatic heterocycles. The molecule has 0 bridgehead atoms. The number of pyridine rings is 1. The van der Waals surface area contributed by atoms with Gasteiger partial charge in [-0.2, -0.15) is 0 Å². The first kappa shape index (κ1) is 15.5. The highest BCUT2D eigenvalue weighted by Crippen LogP contribution is 2.27. The summed E-state index contributed by atoms with van der Waals surface area (Å²) in [6.45, 7) is 0. The van der Waals surface area contributed by atoms with Crippen LogP contribution in [0.25, 0.3) is 0 Å². The van der Waals surface area contributed by atoms with E-state index in [0.29, 0.717) is 9.26 Å². The number of nitrogens with zero attached hydrogens (tertiary/aromatic N) is 1. The second kappa shape index (κ2) is 6.04. The van der Waals surface area contributed by atoms with E-state index in [2.05, 4.69) is 25.7 Å². The van der Waals surface area contributed by atoms with E-state index in [-0.39, 0.29) is 10.9 Å². The molecule has 18 heavy (non-hydrogen) atoms. The number of alkyl halides is 4. The van der Waals surface area contributed by atoms with Crippen LogP contribution in [0, 0.1) is 3.57 Å². The van der Waals surface area contributed by atoms with Crippen LogP contribution < -0.4 is 4.74 Å². The third-order valence-electron chi connectivity index (χ3n) is 1.77. The van der Waals surface area contributed by atoms with Crippen LogP contribution >= 0.6 is 38.5 Å². The van der Waals surface area contributed by atoms with Crippen molar-refractivity contribution in [1.29, 1.82) is 0 Å². The Bertz CT molecular complexity index is 467. The molecule has 1 rings (SSSR count). The highest BCUT2D eigenvalue weighted by Gasteiger charge is 2.32. The van der Waals surface area contributed by atoms with Gasteiger partial charge in [0.05, 0.1) is 12.1 Å². The van der Waals surface area contributed by atoms with Gasteiger partial charge in [-0.15, -0.1) is 13.2 Å². The predicted octanol–water partition coefficient (Wildman–Crippen LogP) is 3.11. The topological polar surface area (TPSA) is 59.4 Å². The van der Waals surface area contributed by atoms with Crippen molar-refractivity contribution < 1.29 is 27.8 Å². The summed E-state index contributed by atoms with van der Waals surface area (Å²) in [7, 11) is 0. The van der Waals surface area contributed by atoms with E-state index >= 15 is 0 Å². The summed E-state index contributed by atoms with van der Waals surface area (Å²) in [4.78, 5) is 14.3. The van der Waals surface area contributed by atoms with Gasteiger partial charge in [-0.1, -0.05) is 15.9 Å². The molecule has 0 radical (unpaired) electrons. The summed E-state index contributed by atoms with van der Waals surface area (Å²) in [6.07, 6.45) is -5.25. The van der Waals surface area contributed by atoms with E-state index in [1.54, 1.807) is 0 Å². The number of rotatable bonds is 4. The Morgan fingerprint density at radius 2 is 2.17 bits per heavy atom. The third-order valence-corrected chi connectivity index (χ3v) is 3.61. The van der Waals surface area contributed by atoms with E-state index in [1.807, 2.05) is 22.6 Å². The Morgan fingerprint density at radius 3 is 2.61 bits per heavy atom. The average Bonchev–Trinajstić information content (AvgIpc) is 2.19. The molecule has 0 fully saturated rings. The van der Waals surface area contributed by atoms with Crippen LogP contribution in [0.2, 0.25) is 0 Å². The number of hydrogen-bond acceptors (Lipinski definition) is 3. The summed E-state index contributed by atoms with van der Waals surface area (Å²) < 4.78 is 40.4. The third kappa shape index (κ3) is 4.59. The molecule has 0 saturated heterocycles. The van der Waals surface area contributed by atoms with Gasteiger partial charge >= 0.3 is 12.3 Å². The zero-order valence-electron chi connectivity index (χ0n) is 8.59. The standard InChI is InChI=1S/C9H6BrF3INO3/c10-3-5-8(14)4(2-7(16)17)1-6(15-5)18-9(11,12)13/h1H,2-3H2,(H,16,17). The largest absolute Gasteiger partial charge is 0.574 e. The number of aliphatic carboxylic acids is 1. The van der Waals surface area contributed by atoms with E-state index in [1.165, 1.54) is 0 Å². The Hall–Kier alpha value is -0.580. The van der Waals surface area contributed by atoms with Gasteiger partial charge in [0, 0.05) is 15.0 Å². The second-order valence-electron chi connectivity index (χ2n) is 3.13. The molecule has 1 aromatic heterocycles. The molecule has 1 heterocycles. The van der Waals surface area contributed by atoms with Crippen molar-refractivity contribution in [2.75, 3.05) is 0 Å². The highest BCUT2D eigenvalue weighted by molar-refractivity contribution is 14.1. The maximum atomic E-state index is 12.1. The maximum absolute atomic E-state index is 12.1. The molecule has 0 spiro atoms. The molecule has 0 saturated carbocycles. The summed E-state index contributed by atoms with van der Waals surface area (Å²) in [5.41, 5.74) is 0.528. The van der Waals surface area contributed by atoms with Gasteiger partial charge < -0.3 is 9.84 Å². The molecule has 4 nitrogen and oxygen atoms in total. The fourth-order valence-electron chi connectivity index (χ4n) is 1.16. The SMILES string of the molecule is O=C(O)Cc1cc(OC(F)(F)F)nc(CBr)c1I. The Balaban J connectivity index is 3.17. The minimum atomic E-state index is -4.86. The summed E-state index contributed by atoms with van der Waals surface area (Å²) in [5, 5.41) is 8.88. The molecule has 100 valence electrons. The van der Waals surface area contributed by atoms with Crippen molar-refractivity contribution in [1.82, 2.24) is 4.98 Å². The molecule has 0 amide bonds. The van der Waals surface area contributed by atoms with Gasteiger partial charge in [-0.05, 0) is 28.2 Å². The first-order valence-corrected chi connectivity index (χ1v) is 6.64. The van der Waals surface area contributed by atoms with E-state index in [4.69, 9.17) is 5.11 Å². The number of halogens is 5. The first-order valence-electron chi connectivity index (χ1n) is 4.44. The average molecular weight is 440 g/mol. The molecular weight excluding hydrogens is 434 g/mol. The summed E-state index contributed by atoms with van der Waals surface area (Å²) >= 11 is 4.91. The lowest BCUT2D eigenvalue weighted by molar-refractivity contribution is -0.276. The maximum Gasteiger partial charge on any atom is 0.574 e. The van der Waals surface area contributed by atoms with Crippen LogP contribution in [0.4, 0.5) is 13.2 Å².